The van der Waals surface area contributed by atoms with Crippen LogP contribution < -0.4 is 0 Å². The highest BCUT2D eigenvalue weighted by Crippen LogP contribution is 2.32. The number of benzene rings is 1. The third kappa shape index (κ3) is 2.59. The lowest BCUT2D eigenvalue weighted by atomic mass is 10.1. The SMILES string of the molecule is O=C(Cc1ccc(F)cc1)N1CCCC1c1ccco1. The zero-order chi connectivity index (χ0) is 13.9. The molecule has 1 aromatic heterocycles. The predicted octanol–water partition coefficient (Wildman–Crippen LogP) is 3.32. The van der Waals surface area contributed by atoms with Crippen molar-refractivity contribution in [2.75, 3.05) is 6.54 Å². The molecule has 1 unspecified atom stereocenters. The quantitative estimate of drug-likeness (QED) is 0.859. The normalized spacial score (nSPS) is 18.4. The van der Waals surface area contributed by atoms with Gasteiger partial charge in [-0.25, -0.2) is 4.39 Å². The summed E-state index contributed by atoms with van der Waals surface area (Å²) in [7, 11) is 0. The molecule has 4 heteroatoms. The number of furan rings is 1. The summed E-state index contributed by atoms with van der Waals surface area (Å²) in [4.78, 5) is 14.3. The Labute approximate surface area is 117 Å². The van der Waals surface area contributed by atoms with Crippen molar-refractivity contribution >= 4 is 5.91 Å². The molecule has 3 nitrogen and oxygen atoms in total. The third-order valence-electron chi connectivity index (χ3n) is 3.71. The fourth-order valence-electron chi connectivity index (χ4n) is 2.72. The maximum Gasteiger partial charge on any atom is 0.227 e. The maximum atomic E-state index is 12.9. The van der Waals surface area contributed by atoms with E-state index in [1.165, 1.54) is 12.1 Å². The molecule has 20 heavy (non-hydrogen) atoms. The van der Waals surface area contributed by atoms with Gasteiger partial charge in [-0.3, -0.25) is 4.79 Å². The summed E-state index contributed by atoms with van der Waals surface area (Å²) < 4.78 is 18.3. The number of carbonyl (C=O) groups excluding carboxylic acids is 1. The van der Waals surface area contributed by atoms with Crippen molar-refractivity contribution in [2.24, 2.45) is 0 Å². The molecule has 0 aliphatic carbocycles. The maximum absolute atomic E-state index is 12.9. The highest BCUT2D eigenvalue weighted by atomic mass is 19.1. The average Bonchev–Trinajstić information content (AvgIpc) is 3.11. The third-order valence-corrected chi connectivity index (χ3v) is 3.71. The van der Waals surface area contributed by atoms with Crippen molar-refractivity contribution in [3.05, 3.63) is 59.8 Å². The molecule has 2 heterocycles. The van der Waals surface area contributed by atoms with Gasteiger partial charge in [-0.1, -0.05) is 12.1 Å². The molecular weight excluding hydrogens is 257 g/mol. The second-order valence-corrected chi connectivity index (χ2v) is 5.06. The summed E-state index contributed by atoms with van der Waals surface area (Å²) in [5.41, 5.74) is 0.835. The molecule has 104 valence electrons. The second kappa shape index (κ2) is 5.49. The van der Waals surface area contributed by atoms with Gasteiger partial charge >= 0.3 is 0 Å². The van der Waals surface area contributed by atoms with Crippen LogP contribution >= 0.6 is 0 Å². The van der Waals surface area contributed by atoms with E-state index in [0.29, 0.717) is 6.42 Å². The predicted molar refractivity (Wildman–Crippen MR) is 72.5 cm³/mol. The highest BCUT2D eigenvalue weighted by Gasteiger charge is 2.31. The van der Waals surface area contributed by atoms with Gasteiger partial charge in [0.05, 0.1) is 18.7 Å². The summed E-state index contributed by atoms with van der Waals surface area (Å²) >= 11 is 0. The minimum absolute atomic E-state index is 0.0398. The van der Waals surface area contributed by atoms with Crippen LogP contribution in [0.3, 0.4) is 0 Å². The first-order valence-corrected chi connectivity index (χ1v) is 6.81. The summed E-state index contributed by atoms with van der Waals surface area (Å²) in [6, 6.07) is 9.88. The Morgan fingerprint density at radius 2 is 2.10 bits per heavy atom. The Balaban J connectivity index is 1.71. The molecule has 1 aliphatic heterocycles. The van der Waals surface area contributed by atoms with E-state index in [9.17, 15) is 9.18 Å². The lowest BCUT2D eigenvalue weighted by Crippen LogP contribution is -2.31. The zero-order valence-electron chi connectivity index (χ0n) is 11.1. The van der Waals surface area contributed by atoms with E-state index in [1.807, 2.05) is 17.0 Å². The fraction of sp³-hybridized carbons (Fsp3) is 0.312. The van der Waals surface area contributed by atoms with Crippen molar-refractivity contribution in [3.8, 4) is 0 Å². The number of nitrogens with zero attached hydrogens (tertiary/aromatic N) is 1. The molecule has 0 bridgehead atoms. The van der Waals surface area contributed by atoms with Crippen molar-refractivity contribution in [3.63, 3.8) is 0 Å². The van der Waals surface area contributed by atoms with Crippen molar-refractivity contribution < 1.29 is 13.6 Å². The molecule has 1 aliphatic rings. The summed E-state index contributed by atoms with van der Waals surface area (Å²) in [5, 5.41) is 0. The standard InChI is InChI=1S/C16H16FNO2/c17-13-7-5-12(6-8-13)11-16(19)18-9-1-3-14(18)15-4-2-10-20-15/h2,4-8,10,14H,1,3,9,11H2. The van der Waals surface area contributed by atoms with E-state index in [2.05, 4.69) is 0 Å². The van der Waals surface area contributed by atoms with E-state index in [-0.39, 0.29) is 17.8 Å². The lowest BCUT2D eigenvalue weighted by Gasteiger charge is -2.23. The Morgan fingerprint density at radius 1 is 1.30 bits per heavy atom. The van der Waals surface area contributed by atoms with Crippen LogP contribution in [-0.4, -0.2) is 17.4 Å². The number of hydrogen-bond acceptors (Lipinski definition) is 2. The lowest BCUT2D eigenvalue weighted by molar-refractivity contribution is -0.131. The molecule has 0 saturated carbocycles. The minimum atomic E-state index is -0.282. The van der Waals surface area contributed by atoms with Crippen LogP contribution in [0.5, 0.6) is 0 Å². The van der Waals surface area contributed by atoms with E-state index in [4.69, 9.17) is 4.42 Å². The molecule has 1 amide bonds. The molecule has 0 radical (unpaired) electrons. The molecule has 2 aromatic rings. The average molecular weight is 273 g/mol. The van der Waals surface area contributed by atoms with E-state index in [0.717, 1.165) is 30.7 Å². The molecule has 0 spiro atoms. The topological polar surface area (TPSA) is 33.5 Å². The molecule has 1 atom stereocenters. The summed E-state index contributed by atoms with van der Waals surface area (Å²) in [5.74, 6) is 0.626. The molecule has 1 saturated heterocycles. The number of halogens is 1. The van der Waals surface area contributed by atoms with Gasteiger partial charge in [-0.05, 0) is 42.7 Å². The van der Waals surface area contributed by atoms with Crippen LogP contribution in [0.25, 0.3) is 0 Å². The number of amides is 1. The Kier molecular flexibility index (Phi) is 3.54. The van der Waals surface area contributed by atoms with Crippen LogP contribution in [0, 0.1) is 5.82 Å². The molecule has 1 fully saturated rings. The van der Waals surface area contributed by atoms with Crippen molar-refractivity contribution in [2.45, 2.75) is 25.3 Å². The number of likely N-dealkylation sites (tertiary alicyclic amines) is 1. The van der Waals surface area contributed by atoms with Gasteiger partial charge in [-0.15, -0.1) is 0 Å². The van der Waals surface area contributed by atoms with Gasteiger partial charge in [0.25, 0.3) is 0 Å². The van der Waals surface area contributed by atoms with Crippen molar-refractivity contribution in [1.29, 1.82) is 0 Å². The minimum Gasteiger partial charge on any atom is -0.467 e. The highest BCUT2D eigenvalue weighted by molar-refractivity contribution is 5.79. The molecule has 3 rings (SSSR count). The van der Waals surface area contributed by atoms with Gasteiger partial charge in [-0.2, -0.15) is 0 Å². The molecular formula is C16H16FNO2. The fourth-order valence-corrected chi connectivity index (χ4v) is 2.72. The largest absolute Gasteiger partial charge is 0.467 e. The van der Waals surface area contributed by atoms with Crippen LogP contribution in [-0.2, 0) is 11.2 Å². The van der Waals surface area contributed by atoms with Crippen LogP contribution in [0.15, 0.2) is 47.1 Å². The van der Waals surface area contributed by atoms with Crippen LogP contribution in [0.1, 0.15) is 30.2 Å². The van der Waals surface area contributed by atoms with Gasteiger partial charge < -0.3 is 9.32 Å². The Morgan fingerprint density at radius 3 is 2.80 bits per heavy atom. The first kappa shape index (κ1) is 12.9. The van der Waals surface area contributed by atoms with E-state index >= 15 is 0 Å². The molecule has 1 aromatic carbocycles. The zero-order valence-corrected chi connectivity index (χ0v) is 11.1. The van der Waals surface area contributed by atoms with E-state index in [1.54, 1.807) is 18.4 Å². The van der Waals surface area contributed by atoms with Crippen LogP contribution in [0.2, 0.25) is 0 Å². The first-order chi connectivity index (χ1) is 9.74. The van der Waals surface area contributed by atoms with Gasteiger partial charge in [0, 0.05) is 6.54 Å². The summed E-state index contributed by atoms with van der Waals surface area (Å²) in [6.07, 6.45) is 3.86. The second-order valence-electron chi connectivity index (χ2n) is 5.06. The van der Waals surface area contributed by atoms with Crippen molar-refractivity contribution in [1.82, 2.24) is 4.90 Å². The van der Waals surface area contributed by atoms with Gasteiger partial charge in [0.2, 0.25) is 5.91 Å². The molecule has 0 N–H and O–H groups in total. The van der Waals surface area contributed by atoms with Crippen LogP contribution in [0.4, 0.5) is 4.39 Å². The monoisotopic (exact) mass is 273 g/mol. The Hall–Kier alpha value is -2.10. The first-order valence-electron chi connectivity index (χ1n) is 6.81. The van der Waals surface area contributed by atoms with E-state index < -0.39 is 0 Å². The van der Waals surface area contributed by atoms with Gasteiger partial charge in [0.1, 0.15) is 11.6 Å². The van der Waals surface area contributed by atoms with Gasteiger partial charge in [0.15, 0.2) is 0 Å². The Bertz CT molecular complexity index is 577. The summed E-state index contributed by atoms with van der Waals surface area (Å²) in [6.45, 7) is 0.755. The smallest absolute Gasteiger partial charge is 0.227 e. The number of rotatable bonds is 3. The number of hydrogen-bond donors (Lipinski definition) is 0. The number of carbonyl (C=O) groups is 1.